The van der Waals surface area contributed by atoms with Gasteiger partial charge in [-0.05, 0) is 32.6 Å². The van der Waals surface area contributed by atoms with Crippen LogP contribution >= 0.6 is 23.5 Å². The Morgan fingerprint density at radius 1 is 0.792 bits per heavy atom. The highest BCUT2D eigenvalue weighted by Crippen LogP contribution is 2.28. The summed E-state index contributed by atoms with van der Waals surface area (Å²) in [7, 11) is 0. The lowest BCUT2D eigenvalue weighted by Crippen LogP contribution is -2.03. The Labute approximate surface area is 158 Å². The van der Waals surface area contributed by atoms with Gasteiger partial charge in [0.25, 0.3) is 0 Å². The van der Waals surface area contributed by atoms with Crippen molar-refractivity contribution in [3.63, 3.8) is 0 Å². The summed E-state index contributed by atoms with van der Waals surface area (Å²) < 4.78 is 0. The van der Waals surface area contributed by atoms with Gasteiger partial charge in [0, 0.05) is 22.0 Å². The van der Waals surface area contributed by atoms with Gasteiger partial charge < -0.3 is 0 Å². The normalized spacial score (nSPS) is 14.0. The van der Waals surface area contributed by atoms with Gasteiger partial charge in [0.2, 0.25) is 0 Å². The van der Waals surface area contributed by atoms with Gasteiger partial charge in [-0.1, -0.05) is 47.0 Å². The van der Waals surface area contributed by atoms with E-state index < -0.39 is 0 Å². The molecule has 0 spiro atoms. The summed E-state index contributed by atoms with van der Waals surface area (Å²) in [5.41, 5.74) is 2.44. The van der Waals surface area contributed by atoms with Crippen LogP contribution in [-0.2, 0) is 18.1 Å². The van der Waals surface area contributed by atoms with Crippen molar-refractivity contribution in [1.29, 1.82) is 0 Å². The van der Waals surface area contributed by atoms with Crippen molar-refractivity contribution in [2.24, 2.45) is 0 Å². The molecule has 1 aromatic rings. The molecular formula is C19H37N3S2. The molecule has 3 nitrogen and oxygen atoms in total. The number of aromatic nitrogens is 3. The zero-order chi connectivity index (χ0) is 17.8. The summed E-state index contributed by atoms with van der Waals surface area (Å²) in [6.45, 7) is 12.1. The van der Waals surface area contributed by atoms with Crippen molar-refractivity contribution in [2.75, 3.05) is 0 Å². The first-order chi connectivity index (χ1) is 11.7. The van der Waals surface area contributed by atoms with Gasteiger partial charge in [-0.25, -0.2) is 0 Å². The summed E-state index contributed by atoms with van der Waals surface area (Å²) in [5, 5.41) is 11.0. The van der Waals surface area contributed by atoms with Crippen molar-refractivity contribution in [3.8, 4) is 0 Å². The number of rotatable bonds is 14. The standard InChI is InChI=1S/C19H37N3S2/c1-6-11-13-17(9-4)24-15-19-18(20-22(10-5)21-19)14-23-16(8-3)12-7-2/h16-17H,6-15H2,1-5H3. The topological polar surface area (TPSA) is 30.7 Å². The number of unbranched alkanes of at least 4 members (excludes halogenated alkanes) is 1. The molecule has 2 atom stereocenters. The van der Waals surface area contributed by atoms with Gasteiger partial charge in [0.1, 0.15) is 0 Å². The second kappa shape index (κ2) is 13.1. The summed E-state index contributed by atoms with van der Waals surface area (Å²) >= 11 is 4.14. The van der Waals surface area contributed by atoms with E-state index in [1.807, 2.05) is 4.80 Å². The van der Waals surface area contributed by atoms with E-state index in [9.17, 15) is 0 Å². The Morgan fingerprint density at radius 2 is 1.33 bits per heavy atom. The fourth-order valence-corrected chi connectivity index (χ4v) is 5.18. The van der Waals surface area contributed by atoms with E-state index >= 15 is 0 Å². The van der Waals surface area contributed by atoms with E-state index in [0.717, 1.165) is 28.6 Å². The van der Waals surface area contributed by atoms with Crippen molar-refractivity contribution in [3.05, 3.63) is 11.4 Å². The molecule has 0 N–H and O–H groups in total. The summed E-state index contributed by atoms with van der Waals surface area (Å²) in [6, 6.07) is 0. The first-order valence-corrected chi connectivity index (χ1v) is 11.9. The molecular weight excluding hydrogens is 334 g/mol. The summed E-state index contributed by atoms with van der Waals surface area (Å²) in [4.78, 5) is 1.87. The maximum absolute atomic E-state index is 4.74. The molecule has 1 heterocycles. The van der Waals surface area contributed by atoms with Gasteiger partial charge in [-0.15, -0.1) is 0 Å². The molecule has 0 bridgehead atoms. The molecule has 0 aliphatic rings. The third-order valence-electron chi connectivity index (χ3n) is 4.40. The number of hydrogen-bond donors (Lipinski definition) is 0. The zero-order valence-corrected chi connectivity index (χ0v) is 18.0. The molecule has 24 heavy (non-hydrogen) atoms. The average Bonchev–Trinajstić information content (AvgIpc) is 3.01. The van der Waals surface area contributed by atoms with Crippen LogP contribution < -0.4 is 0 Å². The lowest BCUT2D eigenvalue weighted by Gasteiger charge is -2.14. The predicted molar refractivity (Wildman–Crippen MR) is 111 cm³/mol. The highest BCUT2D eigenvalue weighted by atomic mass is 32.2. The highest BCUT2D eigenvalue weighted by molar-refractivity contribution is 7.99. The maximum atomic E-state index is 4.74. The second-order valence-corrected chi connectivity index (χ2v) is 8.97. The van der Waals surface area contributed by atoms with Crippen LogP contribution in [0.25, 0.3) is 0 Å². The van der Waals surface area contributed by atoms with Crippen molar-refractivity contribution < 1.29 is 0 Å². The van der Waals surface area contributed by atoms with Crippen molar-refractivity contribution in [2.45, 2.75) is 108 Å². The van der Waals surface area contributed by atoms with Gasteiger partial charge in [0.05, 0.1) is 17.9 Å². The Hall–Kier alpha value is -0.160. The molecule has 2 unspecified atom stereocenters. The Kier molecular flexibility index (Phi) is 11.9. The Balaban J connectivity index is 2.63. The molecule has 0 aliphatic heterocycles. The highest BCUT2D eigenvalue weighted by Gasteiger charge is 2.15. The van der Waals surface area contributed by atoms with Gasteiger partial charge >= 0.3 is 0 Å². The average molecular weight is 372 g/mol. The minimum absolute atomic E-state index is 0.759. The molecule has 5 heteroatoms. The lowest BCUT2D eigenvalue weighted by molar-refractivity contribution is 0.563. The van der Waals surface area contributed by atoms with Crippen LogP contribution in [0.5, 0.6) is 0 Å². The monoisotopic (exact) mass is 371 g/mol. The molecule has 140 valence electrons. The van der Waals surface area contributed by atoms with Crippen LogP contribution in [0, 0.1) is 0 Å². The van der Waals surface area contributed by atoms with E-state index in [4.69, 9.17) is 10.2 Å². The van der Waals surface area contributed by atoms with Gasteiger partial charge in [0.15, 0.2) is 0 Å². The fourth-order valence-electron chi connectivity index (χ4n) is 2.74. The van der Waals surface area contributed by atoms with E-state index in [2.05, 4.69) is 58.1 Å². The first-order valence-electron chi connectivity index (χ1n) is 9.84. The van der Waals surface area contributed by atoms with Gasteiger partial charge in [-0.3, -0.25) is 0 Å². The molecule has 0 fully saturated rings. The van der Waals surface area contributed by atoms with E-state index in [1.54, 1.807) is 0 Å². The van der Waals surface area contributed by atoms with Gasteiger partial charge in [-0.2, -0.15) is 38.5 Å². The third kappa shape index (κ3) is 7.81. The van der Waals surface area contributed by atoms with Crippen LogP contribution in [-0.4, -0.2) is 25.5 Å². The summed E-state index contributed by atoms with van der Waals surface area (Å²) in [6.07, 6.45) is 9.04. The summed E-state index contributed by atoms with van der Waals surface area (Å²) in [5.74, 6) is 2.03. The smallest absolute Gasteiger partial charge is 0.0966 e. The number of aryl methyl sites for hydroxylation is 1. The van der Waals surface area contributed by atoms with E-state index in [0.29, 0.717) is 0 Å². The molecule has 0 aromatic carbocycles. The van der Waals surface area contributed by atoms with Crippen LogP contribution in [0.2, 0.25) is 0 Å². The number of hydrogen-bond acceptors (Lipinski definition) is 4. The Morgan fingerprint density at radius 3 is 1.75 bits per heavy atom. The van der Waals surface area contributed by atoms with E-state index in [-0.39, 0.29) is 0 Å². The molecule has 0 saturated heterocycles. The molecule has 0 radical (unpaired) electrons. The molecule has 0 saturated carbocycles. The molecule has 1 aromatic heterocycles. The second-order valence-electron chi connectivity index (χ2n) is 6.40. The van der Waals surface area contributed by atoms with E-state index in [1.165, 1.54) is 56.3 Å². The van der Waals surface area contributed by atoms with Crippen LogP contribution in [0.4, 0.5) is 0 Å². The Bertz CT molecular complexity index is 434. The molecule has 0 aliphatic carbocycles. The third-order valence-corrected chi connectivity index (χ3v) is 7.36. The molecule has 1 rings (SSSR count). The quantitative estimate of drug-likeness (QED) is 0.383. The predicted octanol–water partition coefficient (Wildman–Crippen LogP) is 6.31. The van der Waals surface area contributed by atoms with Crippen LogP contribution in [0.15, 0.2) is 0 Å². The molecule has 0 amide bonds. The first kappa shape index (κ1) is 21.9. The van der Waals surface area contributed by atoms with Crippen molar-refractivity contribution >= 4 is 23.5 Å². The van der Waals surface area contributed by atoms with Crippen molar-refractivity contribution in [1.82, 2.24) is 15.0 Å². The lowest BCUT2D eigenvalue weighted by atomic mass is 10.2. The van der Waals surface area contributed by atoms with Crippen LogP contribution in [0.1, 0.15) is 91.0 Å². The number of nitrogens with zero attached hydrogens (tertiary/aromatic N) is 3. The zero-order valence-electron chi connectivity index (χ0n) is 16.4. The number of thioether (sulfide) groups is 2. The minimum atomic E-state index is 0.759. The maximum Gasteiger partial charge on any atom is 0.0966 e. The SMILES string of the molecule is CCCCC(CC)SCc1nn(CC)nc1CSC(CC)CCC. The minimum Gasteiger partial charge on any atom is -0.185 e. The fraction of sp³-hybridized carbons (Fsp3) is 0.895. The largest absolute Gasteiger partial charge is 0.185 e. The van der Waals surface area contributed by atoms with Crippen LogP contribution in [0.3, 0.4) is 0 Å².